The van der Waals surface area contributed by atoms with Crippen molar-refractivity contribution in [2.45, 2.75) is 57.4 Å². The van der Waals surface area contributed by atoms with Gasteiger partial charge < -0.3 is 5.73 Å². The van der Waals surface area contributed by atoms with E-state index in [9.17, 15) is 8.42 Å². The standard InChI is InChI=1S/C15H29N3O2S/c16-12-13-7-10-17(11-8-13)21(19,20)18-9-3-6-15(18)14-4-1-2-5-14/h13-15H,1-12,16H2. The van der Waals surface area contributed by atoms with Crippen molar-refractivity contribution in [1.29, 1.82) is 0 Å². The van der Waals surface area contributed by atoms with Crippen LogP contribution in [-0.2, 0) is 10.2 Å². The molecule has 0 aromatic heterocycles. The summed E-state index contributed by atoms with van der Waals surface area (Å²) in [5, 5.41) is 0. The molecule has 122 valence electrons. The van der Waals surface area contributed by atoms with E-state index >= 15 is 0 Å². The molecule has 3 fully saturated rings. The maximum absolute atomic E-state index is 13.0. The molecule has 3 rings (SSSR count). The van der Waals surface area contributed by atoms with Gasteiger partial charge in [-0.2, -0.15) is 17.0 Å². The fourth-order valence-corrected chi connectivity index (χ4v) is 6.34. The van der Waals surface area contributed by atoms with E-state index in [4.69, 9.17) is 5.73 Å². The molecule has 1 saturated carbocycles. The van der Waals surface area contributed by atoms with Crippen LogP contribution in [0.15, 0.2) is 0 Å². The van der Waals surface area contributed by atoms with Crippen molar-refractivity contribution in [2.24, 2.45) is 17.6 Å². The monoisotopic (exact) mass is 315 g/mol. The topological polar surface area (TPSA) is 66.6 Å². The molecule has 1 atom stereocenters. The van der Waals surface area contributed by atoms with Gasteiger partial charge in [-0.15, -0.1) is 0 Å². The van der Waals surface area contributed by atoms with Gasteiger partial charge in [0, 0.05) is 25.7 Å². The quantitative estimate of drug-likeness (QED) is 0.856. The Morgan fingerprint density at radius 3 is 2.19 bits per heavy atom. The summed E-state index contributed by atoms with van der Waals surface area (Å²) in [6.07, 6.45) is 8.89. The van der Waals surface area contributed by atoms with E-state index in [2.05, 4.69) is 0 Å². The Hall–Kier alpha value is -0.170. The van der Waals surface area contributed by atoms with Crippen molar-refractivity contribution in [1.82, 2.24) is 8.61 Å². The Morgan fingerprint density at radius 2 is 1.57 bits per heavy atom. The Labute approximate surface area is 129 Å². The van der Waals surface area contributed by atoms with Crippen LogP contribution in [0.5, 0.6) is 0 Å². The molecule has 5 nitrogen and oxygen atoms in total. The third-order valence-electron chi connectivity index (χ3n) is 5.72. The van der Waals surface area contributed by atoms with Gasteiger partial charge in [0.15, 0.2) is 0 Å². The van der Waals surface area contributed by atoms with Crippen molar-refractivity contribution in [3.63, 3.8) is 0 Å². The third-order valence-corrected chi connectivity index (χ3v) is 7.79. The zero-order valence-corrected chi connectivity index (χ0v) is 13.7. The highest BCUT2D eigenvalue weighted by Gasteiger charge is 2.42. The zero-order chi connectivity index (χ0) is 14.9. The number of nitrogens with zero attached hydrogens (tertiary/aromatic N) is 2. The van der Waals surface area contributed by atoms with Crippen molar-refractivity contribution < 1.29 is 8.42 Å². The molecule has 2 N–H and O–H groups in total. The van der Waals surface area contributed by atoms with Crippen LogP contribution in [-0.4, -0.2) is 49.2 Å². The average molecular weight is 315 g/mol. The minimum atomic E-state index is -3.25. The SMILES string of the molecule is NCC1CCN(S(=O)(=O)N2CCCC2C2CCCC2)CC1. The molecule has 0 spiro atoms. The summed E-state index contributed by atoms with van der Waals surface area (Å²) in [5.74, 6) is 1.10. The van der Waals surface area contributed by atoms with Crippen LogP contribution in [0.1, 0.15) is 51.4 Å². The molecule has 1 unspecified atom stereocenters. The summed E-state index contributed by atoms with van der Waals surface area (Å²) in [5.41, 5.74) is 5.71. The summed E-state index contributed by atoms with van der Waals surface area (Å²) >= 11 is 0. The normalized spacial score (nSPS) is 31.2. The van der Waals surface area contributed by atoms with Crippen molar-refractivity contribution in [2.75, 3.05) is 26.2 Å². The highest BCUT2D eigenvalue weighted by Crippen LogP contribution is 2.37. The van der Waals surface area contributed by atoms with Gasteiger partial charge in [0.25, 0.3) is 10.2 Å². The molecule has 2 aliphatic heterocycles. The van der Waals surface area contributed by atoms with Crippen LogP contribution in [0.2, 0.25) is 0 Å². The first-order valence-corrected chi connectivity index (χ1v) is 9.99. The van der Waals surface area contributed by atoms with Gasteiger partial charge in [-0.05, 0) is 56.9 Å². The summed E-state index contributed by atoms with van der Waals surface area (Å²) in [6.45, 7) is 2.71. The second-order valence-electron chi connectivity index (χ2n) is 6.95. The average Bonchev–Trinajstić information content (AvgIpc) is 3.17. The third kappa shape index (κ3) is 3.14. The molecule has 6 heteroatoms. The van der Waals surface area contributed by atoms with Crippen LogP contribution in [0.3, 0.4) is 0 Å². The summed E-state index contributed by atoms with van der Waals surface area (Å²) in [6, 6.07) is 0.268. The van der Waals surface area contributed by atoms with E-state index in [0.29, 0.717) is 31.5 Å². The maximum Gasteiger partial charge on any atom is 0.282 e. The minimum Gasteiger partial charge on any atom is -0.330 e. The van der Waals surface area contributed by atoms with Gasteiger partial charge in [0.05, 0.1) is 0 Å². The fraction of sp³-hybridized carbons (Fsp3) is 1.00. The highest BCUT2D eigenvalue weighted by atomic mass is 32.2. The first kappa shape index (κ1) is 15.7. The van der Waals surface area contributed by atoms with Gasteiger partial charge in [0.2, 0.25) is 0 Å². The molecule has 0 radical (unpaired) electrons. The van der Waals surface area contributed by atoms with E-state index in [1.165, 1.54) is 25.7 Å². The number of nitrogens with two attached hydrogens (primary N) is 1. The van der Waals surface area contributed by atoms with E-state index in [1.807, 2.05) is 4.31 Å². The highest BCUT2D eigenvalue weighted by molar-refractivity contribution is 7.86. The lowest BCUT2D eigenvalue weighted by molar-refractivity contribution is 0.233. The largest absolute Gasteiger partial charge is 0.330 e. The molecular formula is C15H29N3O2S. The number of rotatable bonds is 4. The van der Waals surface area contributed by atoms with E-state index < -0.39 is 10.2 Å². The predicted octanol–water partition coefficient (Wildman–Crippen LogP) is 1.56. The second-order valence-corrected chi connectivity index (χ2v) is 8.83. The maximum atomic E-state index is 13.0. The molecule has 2 heterocycles. The van der Waals surface area contributed by atoms with Gasteiger partial charge >= 0.3 is 0 Å². The summed E-state index contributed by atoms with van der Waals surface area (Å²) in [4.78, 5) is 0. The van der Waals surface area contributed by atoms with Gasteiger partial charge in [0.1, 0.15) is 0 Å². The predicted molar refractivity (Wildman–Crippen MR) is 84.0 cm³/mol. The number of hydrogen-bond acceptors (Lipinski definition) is 3. The van der Waals surface area contributed by atoms with Gasteiger partial charge in [-0.25, -0.2) is 0 Å². The zero-order valence-electron chi connectivity index (χ0n) is 12.9. The number of piperidine rings is 1. The van der Waals surface area contributed by atoms with E-state index in [0.717, 1.165) is 32.2 Å². The lowest BCUT2D eigenvalue weighted by Crippen LogP contribution is -2.50. The minimum absolute atomic E-state index is 0.268. The summed E-state index contributed by atoms with van der Waals surface area (Å²) < 4.78 is 29.5. The Bertz CT molecular complexity index is 440. The Balaban J connectivity index is 1.68. The van der Waals surface area contributed by atoms with Crippen LogP contribution in [0.25, 0.3) is 0 Å². The van der Waals surface area contributed by atoms with Crippen LogP contribution >= 0.6 is 0 Å². The van der Waals surface area contributed by atoms with Gasteiger partial charge in [-0.3, -0.25) is 0 Å². The van der Waals surface area contributed by atoms with Crippen molar-refractivity contribution in [3.8, 4) is 0 Å². The molecule has 0 aromatic rings. The van der Waals surface area contributed by atoms with Crippen LogP contribution in [0.4, 0.5) is 0 Å². The van der Waals surface area contributed by atoms with E-state index in [-0.39, 0.29) is 6.04 Å². The molecule has 2 saturated heterocycles. The molecule has 0 amide bonds. The van der Waals surface area contributed by atoms with E-state index in [1.54, 1.807) is 4.31 Å². The molecule has 21 heavy (non-hydrogen) atoms. The second kappa shape index (κ2) is 6.52. The first-order chi connectivity index (χ1) is 10.1. The molecule has 0 aromatic carbocycles. The molecular weight excluding hydrogens is 286 g/mol. The Kier molecular flexibility index (Phi) is 4.88. The fourth-order valence-electron chi connectivity index (χ4n) is 4.39. The van der Waals surface area contributed by atoms with Crippen LogP contribution < -0.4 is 5.73 Å². The van der Waals surface area contributed by atoms with Crippen molar-refractivity contribution in [3.05, 3.63) is 0 Å². The summed E-state index contributed by atoms with van der Waals surface area (Å²) in [7, 11) is -3.25. The lowest BCUT2D eigenvalue weighted by Gasteiger charge is -2.36. The molecule has 0 bridgehead atoms. The molecule has 1 aliphatic carbocycles. The lowest BCUT2D eigenvalue weighted by atomic mass is 9.97. The van der Waals surface area contributed by atoms with Crippen molar-refractivity contribution >= 4 is 10.2 Å². The molecule has 3 aliphatic rings. The first-order valence-electron chi connectivity index (χ1n) is 8.60. The number of hydrogen-bond donors (Lipinski definition) is 1. The smallest absolute Gasteiger partial charge is 0.282 e. The van der Waals surface area contributed by atoms with Crippen LogP contribution in [0, 0.1) is 11.8 Å². The Morgan fingerprint density at radius 1 is 0.905 bits per heavy atom. The van der Waals surface area contributed by atoms with Gasteiger partial charge in [-0.1, -0.05) is 12.8 Å².